The maximum atomic E-state index is 5.64. The van der Waals surface area contributed by atoms with Crippen LogP contribution in [-0.2, 0) is 6.42 Å². The second-order valence-corrected chi connectivity index (χ2v) is 5.21. The second-order valence-electron chi connectivity index (χ2n) is 3.28. The third-order valence-corrected chi connectivity index (χ3v) is 4.38. The average molecular weight is 238 g/mol. The molecule has 3 N–H and O–H groups in total. The Morgan fingerprint density at radius 2 is 2.20 bits per heavy atom. The third-order valence-electron chi connectivity index (χ3n) is 2.42. The van der Waals surface area contributed by atoms with Crippen LogP contribution in [0, 0.1) is 0 Å². The van der Waals surface area contributed by atoms with Gasteiger partial charge in [0, 0.05) is 9.75 Å². The van der Waals surface area contributed by atoms with Crippen LogP contribution in [0.3, 0.4) is 0 Å². The molecular weight excluding hydrogens is 224 g/mol. The lowest BCUT2D eigenvalue weighted by Gasteiger charge is -2.14. The molecule has 0 aromatic carbocycles. The Kier molecular flexibility index (Phi) is 3.53. The van der Waals surface area contributed by atoms with E-state index in [-0.39, 0.29) is 6.04 Å². The number of hydrazine groups is 1. The quantitative estimate of drug-likeness (QED) is 0.635. The lowest BCUT2D eigenvalue weighted by molar-refractivity contribution is 0.651. The Labute approximate surface area is 97.7 Å². The molecule has 0 aliphatic heterocycles. The summed E-state index contributed by atoms with van der Waals surface area (Å²) in [5.74, 6) is 5.64. The first kappa shape index (κ1) is 10.8. The van der Waals surface area contributed by atoms with Crippen molar-refractivity contribution in [1.29, 1.82) is 0 Å². The van der Waals surface area contributed by atoms with E-state index < -0.39 is 0 Å². The number of hydrogen-bond donors (Lipinski definition) is 2. The third kappa shape index (κ3) is 2.13. The molecule has 2 aromatic heterocycles. The van der Waals surface area contributed by atoms with Crippen molar-refractivity contribution < 1.29 is 0 Å². The topological polar surface area (TPSA) is 38.0 Å². The summed E-state index contributed by atoms with van der Waals surface area (Å²) in [4.78, 5) is 2.61. The van der Waals surface area contributed by atoms with E-state index in [1.165, 1.54) is 15.3 Å². The first-order chi connectivity index (χ1) is 7.36. The summed E-state index contributed by atoms with van der Waals surface area (Å²) in [5, 5.41) is 4.21. The predicted molar refractivity (Wildman–Crippen MR) is 67.2 cm³/mol. The minimum Gasteiger partial charge on any atom is -0.271 e. The largest absolute Gasteiger partial charge is 0.271 e. The molecule has 1 unspecified atom stereocenters. The molecule has 0 amide bonds. The van der Waals surface area contributed by atoms with Gasteiger partial charge < -0.3 is 0 Å². The van der Waals surface area contributed by atoms with Gasteiger partial charge >= 0.3 is 0 Å². The van der Waals surface area contributed by atoms with Gasteiger partial charge in [-0.3, -0.25) is 5.84 Å². The van der Waals surface area contributed by atoms with Crippen LogP contribution < -0.4 is 11.3 Å². The summed E-state index contributed by atoms with van der Waals surface area (Å²) in [6.45, 7) is 2.17. The number of aryl methyl sites for hydroxylation is 1. The van der Waals surface area contributed by atoms with Crippen LogP contribution in [0.5, 0.6) is 0 Å². The highest BCUT2D eigenvalue weighted by Gasteiger charge is 2.17. The molecule has 0 saturated heterocycles. The molecule has 0 fully saturated rings. The Morgan fingerprint density at radius 1 is 1.33 bits per heavy atom. The molecule has 2 heterocycles. The van der Waals surface area contributed by atoms with E-state index in [1.54, 1.807) is 22.7 Å². The summed E-state index contributed by atoms with van der Waals surface area (Å²) in [6.07, 6.45) is 1.06. The first-order valence-corrected chi connectivity index (χ1v) is 6.68. The van der Waals surface area contributed by atoms with Gasteiger partial charge in [-0.05, 0) is 34.9 Å². The van der Waals surface area contributed by atoms with E-state index in [9.17, 15) is 0 Å². The van der Waals surface area contributed by atoms with Gasteiger partial charge in [0.25, 0.3) is 0 Å². The molecule has 0 aliphatic rings. The maximum absolute atomic E-state index is 5.64. The van der Waals surface area contributed by atoms with Crippen LogP contribution in [0.2, 0.25) is 0 Å². The van der Waals surface area contributed by atoms with Crippen LogP contribution in [0.25, 0.3) is 0 Å². The van der Waals surface area contributed by atoms with Gasteiger partial charge in [0.05, 0.1) is 6.04 Å². The number of hydrogen-bond acceptors (Lipinski definition) is 4. The zero-order chi connectivity index (χ0) is 10.7. The minimum absolute atomic E-state index is 0.153. The highest BCUT2D eigenvalue weighted by molar-refractivity contribution is 7.11. The fourth-order valence-corrected chi connectivity index (χ4v) is 3.58. The number of thiophene rings is 2. The molecule has 80 valence electrons. The van der Waals surface area contributed by atoms with Crippen molar-refractivity contribution in [2.75, 3.05) is 0 Å². The van der Waals surface area contributed by atoms with Gasteiger partial charge in [0.15, 0.2) is 0 Å². The Bertz CT molecular complexity index is 406. The van der Waals surface area contributed by atoms with Crippen LogP contribution >= 0.6 is 22.7 Å². The molecule has 0 aliphatic carbocycles. The highest BCUT2D eigenvalue weighted by atomic mass is 32.1. The SMILES string of the molecule is CCc1ccsc1C(NN)c1cccs1. The highest BCUT2D eigenvalue weighted by Crippen LogP contribution is 2.31. The summed E-state index contributed by atoms with van der Waals surface area (Å²) in [7, 11) is 0. The van der Waals surface area contributed by atoms with Crippen LogP contribution in [0.15, 0.2) is 29.0 Å². The lowest BCUT2D eigenvalue weighted by atomic mass is 10.1. The Balaban J connectivity index is 2.35. The molecule has 0 bridgehead atoms. The normalized spacial score (nSPS) is 12.9. The minimum atomic E-state index is 0.153. The molecule has 2 rings (SSSR count). The van der Waals surface area contributed by atoms with Gasteiger partial charge in [0.1, 0.15) is 0 Å². The van der Waals surface area contributed by atoms with Crippen LogP contribution in [0.1, 0.15) is 28.3 Å². The smallest absolute Gasteiger partial charge is 0.0897 e. The van der Waals surface area contributed by atoms with E-state index in [2.05, 4.69) is 41.3 Å². The number of rotatable bonds is 4. The zero-order valence-corrected chi connectivity index (χ0v) is 10.2. The monoisotopic (exact) mass is 238 g/mol. The van der Waals surface area contributed by atoms with Crippen molar-refractivity contribution in [3.63, 3.8) is 0 Å². The van der Waals surface area contributed by atoms with E-state index in [4.69, 9.17) is 5.84 Å². The van der Waals surface area contributed by atoms with Gasteiger partial charge in [-0.2, -0.15) is 0 Å². The van der Waals surface area contributed by atoms with Crippen molar-refractivity contribution in [3.8, 4) is 0 Å². The molecule has 4 heteroatoms. The van der Waals surface area contributed by atoms with Crippen molar-refractivity contribution >= 4 is 22.7 Å². The van der Waals surface area contributed by atoms with Gasteiger partial charge in [-0.1, -0.05) is 13.0 Å². The van der Waals surface area contributed by atoms with Gasteiger partial charge in [-0.15, -0.1) is 22.7 Å². The standard InChI is InChI=1S/C11H14N2S2/c1-2-8-5-7-15-11(8)10(13-12)9-4-3-6-14-9/h3-7,10,13H,2,12H2,1H3. The predicted octanol–water partition coefficient (Wildman–Crippen LogP) is 2.92. The second kappa shape index (κ2) is 4.90. The summed E-state index contributed by atoms with van der Waals surface area (Å²) < 4.78 is 0. The molecule has 0 spiro atoms. The zero-order valence-electron chi connectivity index (χ0n) is 8.57. The summed E-state index contributed by atoms with van der Waals surface area (Å²) >= 11 is 3.51. The average Bonchev–Trinajstić information content (AvgIpc) is 2.89. The molecule has 2 aromatic rings. The molecule has 1 atom stereocenters. The van der Waals surface area contributed by atoms with E-state index in [0.717, 1.165) is 6.42 Å². The maximum Gasteiger partial charge on any atom is 0.0897 e. The molecule has 0 saturated carbocycles. The first-order valence-electron chi connectivity index (χ1n) is 4.92. The fraction of sp³-hybridized carbons (Fsp3) is 0.273. The summed E-state index contributed by atoms with van der Waals surface area (Å²) in [6, 6.07) is 6.51. The van der Waals surface area contributed by atoms with Crippen molar-refractivity contribution in [2.24, 2.45) is 5.84 Å². The number of nitrogens with one attached hydrogen (secondary N) is 1. The van der Waals surface area contributed by atoms with Crippen molar-refractivity contribution in [1.82, 2.24) is 5.43 Å². The van der Waals surface area contributed by atoms with Gasteiger partial charge in [0.2, 0.25) is 0 Å². The van der Waals surface area contributed by atoms with Crippen LogP contribution in [-0.4, -0.2) is 0 Å². The number of nitrogens with two attached hydrogens (primary N) is 1. The molecule has 2 nitrogen and oxygen atoms in total. The van der Waals surface area contributed by atoms with E-state index in [1.807, 2.05) is 0 Å². The Hall–Kier alpha value is -0.680. The van der Waals surface area contributed by atoms with Crippen molar-refractivity contribution in [3.05, 3.63) is 44.3 Å². The van der Waals surface area contributed by atoms with E-state index >= 15 is 0 Å². The summed E-state index contributed by atoms with van der Waals surface area (Å²) in [5.41, 5.74) is 4.29. The van der Waals surface area contributed by atoms with E-state index in [0.29, 0.717) is 0 Å². The molecule has 15 heavy (non-hydrogen) atoms. The molecule has 0 radical (unpaired) electrons. The van der Waals surface area contributed by atoms with Crippen LogP contribution in [0.4, 0.5) is 0 Å². The lowest BCUT2D eigenvalue weighted by Crippen LogP contribution is -2.28. The van der Waals surface area contributed by atoms with Crippen molar-refractivity contribution in [2.45, 2.75) is 19.4 Å². The Morgan fingerprint density at radius 3 is 2.80 bits per heavy atom. The molecular formula is C11H14N2S2. The fourth-order valence-electron chi connectivity index (χ4n) is 1.64. The van der Waals surface area contributed by atoms with Gasteiger partial charge in [-0.25, -0.2) is 5.43 Å².